The molecule has 0 aliphatic rings. The molecule has 0 radical (unpaired) electrons. The van der Waals surface area contributed by atoms with Crippen molar-refractivity contribution in [3.63, 3.8) is 0 Å². The number of benzene rings is 1. The summed E-state index contributed by atoms with van der Waals surface area (Å²) in [4.78, 5) is 11.7. The highest BCUT2D eigenvalue weighted by atomic mass is 35.5. The van der Waals surface area contributed by atoms with Crippen LogP contribution < -0.4 is 11.1 Å². The molecule has 94 valence electrons. The SMILES string of the molecule is CC(C)(NC(=O)CCCN)c1cccc(Cl)c1. The Morgan fingerprint density at radius 1 is 1.47 bits per heavy atom. The Kier molecular flexibility index (Phi) is 4.97. The fraction of sp³-hybridized carbons (Fsp3) is 0.462. The van der Waals surface area contributed by atoms with Gasteiger partial charge >= 0.3 is 0 Å². The van der Waals surface area contributed by atoms with E-state index in [1.165, 1.54) is 0 Å². The van der Waals surface area contributed by atoms with Crippen molar-refractivity contribution in [3.05, 3.63) is 34.9 Å². The maximum Gasteiger partial charge on any atom is 0.220 e. The van der Waals surface area contributed by atoms with Gasteiger partial charge in [0.2, 0.25) is 5.91 Å². The van der Waals surface area contributed by atoms with E-state index in [0.29, 0.717) is 24.4 Å². The number of carbonyl (C=O) groups is 1. The van der Waals surface area contributed by atoms with Crippen LogP contribution in [-0.4, -0.2) is 12.5 Å². The van der Waals surface area contributed by atoms with E-state index in [9.17, 15) is 4.79 Å². The van der Waals surface area contributed by atoms with E-state index < -0.39 is 5.54 Å². The maximum atomic E-state index is 11.7. The zero-order chi connectivity index (χ0) is 12.9. The van der Waals surface area contributed by atoms with Gasteiger partial charge < -0.3 is 11.1 Å². The Hall–Kier alpha value is -1.06. The summed E-state index contributed by atoms with van der Waals surface area (Å²) in [6.07, 6.45) is 1.16. The molecule has 0 saturated carbocycles. The van der Waals surface area contributed by atoms with Crippen LogP contribution in [0.5, 0.6) is 0 Å². The van der Waals surface area contributed by atoms with Crippen molar-refractivity contribution >= 4 is 17.5 Å². The second kappa shape index (κ2) is 6.03. The third kappa shape index (κ3) is 4.36. The van der Waals surface area contributed by atoms with Gasteiger partial charge in [0, 0.05) is 11.4 Å². The van der Waals surface area contributed by atoms with Crippen LogP contribution in [0.4, 0.5) is 0 Å². The summed E-state index contributed by atoms with van der Waals surface area (Å²) in [5.74, 6) is 0.0143. The number of rotatable bonds is 5. The number of nitrogens with two attached hydrogens (primary N) is 1. The summed E-state index contributed by atoms with van der Waals surface area (Å²) in [7, 11) is 0. The monoisotopic (exact) mass is 254 g/mol. The van der Waals surface area contributed by atoms with Gasteiger partial charge in [-0.3, -0.25) is 4.79 Å². The molecule has 4 heteroatoms. The van der Waals surface area contributed by atoms with E-state index in [1.54, 1.807) is 0 Å². The normalized spacial score (nSPS) is 11.3. The molecule has 1 aromatic carbocycles. The molecule has 0 atom stereocenters. The Morgan fingerprint density at radius 2 is 2.18 bits per heavy atom. The van der Waals surface area contributed by atoms with Crippen LogP contribution in [0.15, 0.2) is 24.3 Å². The molecule has 0 spiro atoms. The average molecular weight is 255 g/mol. The van der Waals surface area contributed by atoms with Crippen LogP contribution in [0.3, 0.4) is 0 Å². The van der Waals surface area contributed by atoms with Crippen molar-refractivity contribution in [3.8, 4) is 0 Å². The minimum atomic E-state index is -0.420. The molecule has 0 aliphatic carbocycles. The molecule has 0 heterocycles. The predicted molar refractivity (Wildman–Crippen MR) is 70.9 cm³/mol. The summed E-state index contributed by atoms with van der Waals surface area (Å²) >= 11 is 5.94. The third-order valence-corrected chi connectivity index (χ3v) is 2.84. The third-order valence-electron chi connectivity index (χ3n) is 2.61. The molecule has 1 aromatic rings. The Bertz CT molecular complexity index is 391. The van der Waals surface area contributed by atoms with Gasteiger partial charge in [-0.05, 0) is 44.5 Å². The van der Waals surface area contributed by atoms with E-state index >= 15 is 0 Å². The number of nitrogens with one attached hydrogen (secondary N) is 1. The number of halogens is 1. The van der Waals surface area contributed by atoms with Crippen molar-refractivity contribution in [2.24, 2.45) is 5.73 Å². The smallest absolute Gasteiger partial charge is 0.220 e. The molecule has 0 fully saturated rings. The molecule has 3 nitrogen and oxygen atoms in total. The molecular weight excluding hydrogens is 236 g/mol. The lowest BCUT2D eigenvalue weighted by atomic mass is 9.94. The molecule has 1 amide bonds. The molecule has 0 aromatic heterocycles. The summed E-state index contributed by atoms with van der Waals surface area (Å²) in [5, 5.41) is 3.65. The van der Waals surface area contributed by atoms with Crippen LogP contribution >= 0.6 is 11.6 Å². The van der Waals surface area contributed by atoms with Crippen molar-refractivity contribution in [1.29, 1.82) is 0 Å². The Balaban J connectivity index is 2.71. The predicted octanol–water partition coefficient (Wildman–Crippen LogP) is 2.43. The molecule has 0 saturated heterocycles. The molecule has 0 aliphatic heterocycles. The van der Waals surface area contributed by atoms with Crippen molar-refractivity contribution in [1.82, 2.24) is 5.32 Å². The first-order chi connectivity index (χ1) is 7.95. The van der Waals surface area contributed by atoms with E-state index in [2.05, 4.69) is 5.32 Å². The zero-order valence-electron chi connectivity index (χ0n) is 10.3. The van der Waals surface area contributed by atoms with E-state index in [4.69, 9.17) is 17.3 Å². The van der Waals surface area contributed by atoms with E-state index in [1.807, 2.05) is 38.1 Å². The number of carbonyl (C=O) groups excluding carboxylic acids is 1. The van der Waals surface area contributed by atoms with Gasteiger partial charge in [-0.2, -0.15) is 0 Å². The van der Waals surface area contributed by atoms with Crippen molar-refractivity contribution in [2.45, 2.75) is 32.2 Å². The van der Waals surface area contributed by atoms with Gasteiger partial charge in [-0.1, -0.05) is 23.7 Å². The van der Waals surface area contributed by atoms with E-state index in [0.717, 1.165) is 5.56 Å². The second-order valence-corrected chi connectivity index (χ2v) is 5.01. The lowest BCUT2D eigenvalue weighted by Gasteiger charge is -2.27. The standard InChI is InChI=1S/C13H19ClN2O/c1-13(2,16-12(17)7-4-8-15)10-5-3-6-11(14)9-10/h3,5-6,9H,4,7-8,15H2,1-2H3,(H,16,17). The van der Waals surface area contributed by atoms with Crippen LogP contribution in [0.1, 0.15) is 32.3 Å². The summed E-state index contributed by atoms with van der Waals surface area (Å²) in [5.41, 5.74) is 5.95. The first-order valence-electron chi connectivity index (χ1n) is 5.73. The maximum absolute atomic E-state index is 11.7. The number of amides is 1. The molecule has 17 heavy (non-hydrogen) atoms. The van der Waals surface area contributed by atoms with Gasteiger partial charge in [-0.15, -0.1) is 0 Å². The van der Waals surface area contributed by atoms with Gasteiger partial charge in [-0.25, -0.2) is 0 Å². The van der Waals surface area contributed by atoms with Crippen LogP contribution in [0.25, 0.3) is 0 Å². The Morgan fingerprint density at radius 3 is 2.76 bits per heavy atom. The molecule has 0 unspecified atom stereocenters. The number of hydrogen-bond acceptors (Lipinski definition) is 2. The summed E-state index contributed by atoms with van der Waals surface area (Å²) < 4.78 is 0. The summed E-state index contributed by atoms with van der Waals surface area (Å²) in [6.45, 7) is 4.45. The molecule has 3 N–H and O–H groups in total. The van der Waals surface area contributed by atoms with Crippen LogP contribution in [0, 0.1) is 0 Å². The quantitative estimate of drug-likeness (QED) is 0.848. The summed E-state index contributed by atoms with van der Waals surface area (Å²) in [6, 6.07) is 7.52. The highest BCUT2D eigenvalue weighted by molar-refractivity contribution is 6.30. The van der Waals surface area contributed by atoms with Gasteiger partial charge in [0.25, 0.3) is 0 Å². The van der Waals surface area contributed by atoms with Crippen LogP contribution in [-0.2, 0) is 10.3 Å². The minimum Gasteiger partial charge on any atom is -0.347 e. The molecule has 0 bridgehead atoms. The first-order valence-corrected chi connectivity index (χ1v) is 6.10. The fourth-order valence-corrected chi connectivity index (χ4v) is 1.81. The highest BCUT2D eigenvalue weighted by Gasteiger charge is 2.22. The lowest BCUT2D eigenvalue weighted by molar-refractivity contribution is -0.122. The lowest BCUT2D eigenvalue weighted by Crippen LogP contribution is -2.41. The van der Waals surface area contributed by atoms with Crippen molar-refractivity contribution < 1.29 is 4.79 Å². The van der Waals surface area contributed by atoms with Gasteiger partial charge in [0.1, 0.15) is 0 Å². The number of hydrogen-bond donors (Lipinski definition) is 2. The van der Waals surface area contributed by atoms with Crippen molar-refractivity contribution in [2.75, 3.05) is 6.54 Å². The fourth-order valence-electron chi connectivity index (χ4n) is 1.62. The zero-order valence-corrected chi connectivity index (χ0v) is 11.1. The van der Waals surface area contributed by atoms with E-state index in [-0.39, 0.29) is 5.91 Å². The molecular formula is C13H19ClN2O. The van der Waals surface area contributed by atoms with Gasteiger partial charge in [0.05, 0.1) is 5.54 Å². The average Bonchev–Trinajstić information content (AvgIpc) is 2.26. The largest absolute Gasteiger partial charge is 0.347 e. The first kappa shape index (κ1) is 14.0. The van der Waals surface area contributed by atoms with Gasteiger partial charge in [0.15, 0.2) is 0 Å². The Labute approximate surface area is 107 Å². The second-order valence-electron chi connectivity index (χ2n) is 4.58. The highest BCUT2D eigenvalue weighted by Crippen LogP contribution is 2.23. The topological polar surface area (TPSA) is 55.1 Å². The van der Waals surface area contributed by atoms with Crippen LogP contribution in [0.2, 0.25) is 5.02 Å². The molecule has 1 rings (SSSR count). The minimum absolute atomic E-state index is 0.0143.